The van der Waals surface area contributed by atoms with Gasteiger partial charge in [-0.1, -0.05) is 35.3 Å². The van der Waals surface area contributed by atoms with Crippen molar-refractivity contribution in [3.63, 3.8) is 0 Å². The molecular formula is C15H16N4O2. The zero-order valence-corrected chi connectivity index (χ0v) is 12.0. The number of hydrogen-bond acceptors (Lipinski definition) is 4. The molecule has 0 atom stereocenters. The number of aromatic nitrogens is 3. The lowest BCUT2D eigenvalue weighted by Crippen LogP contribution is -2.24. The first-order valence-corrected chi connectivity index (χ1v) is 6.45. The number of carbonyl (C=O) groups excluding carboxylic acids is 1. The van der Waals surface area contributed by atoms with E-state index >= 15 is 0 Å². The fraction of sp³-hybridized carbons (Fsp3) is 0.267. The van der Waals surface area contributed by atoms with Crippen LogP contribution in [-0.2, 0) is 7.05 Å². The van der Waals surface area contributed by atoms with E-state index in [-0.39, 0.29) is 24.8 Å². The van der Waals surface area contributed by atoms with E-state index in [0.717, 1.165) is 11.3 Å². The van der Waals surface area contributed by atoms with Crippen LogP contribution < -0.4 is 10.1 Å². The van der Waals surface area contributed by atoms with Crippen molar-refractivity contribution >= 4 is 5.91 Å². The fourth-order valence-electron chi connectivity index (χ4n) is 1.61. The number of para-hydroxylation sites is 1. The van der Waals surface area contributed by atoms with Crippen molar-refractivity contribution in [1.29, 1.82) is 0 Å². The first-order valence-electron chi connectivity index (χ1n) is 6.45. The van der Waals surface area contributed by atoms with Crippen LogP contribution >= 0.6 is 0 Å². The van der Waals surface area contributed by atoms with E-state index in [1.165, 1.54) is 4.68 Å². The summed E-state index contributed by atoms with van der Waals surface area (Å²) in [6.07, 6.45) is 1.55. The van der Waals surface area contributed by atoms with Gasteiger partial charge in [0.25, 0.3) is 5.91 Å². The second-order valence-corrected chi connectivity index (χ2v) is 4.37. The van der Waals surface area contributed by atoms with Gasteiger partial charge in [0.15, 0.2) is 5.69 Å². The van der Waals surface area contributed by atoms with Gasteiger partial charge in [0.05, 0.1) is 12.7 Å². The molecule has 0 unspecified atom stereocenters. The maximum atomic E-state index is 11.6. The highest BCUT2D eigenvalue weighted by atomic mass is 16.5. The Morgan fingerprint density at radius 3 is 2.90 bits per heavy atom. The van der Waals surface area contributed by atoms with E-state index in [1.807, 2.05) is 31.2 Å². The predicted octanol–water partition coefficient (Wildman–Crippen LogP) is 0.936. The van der Waals surface area contributed by atoms with Crippen molar-refractivity contribution < 1.29 is 9.53 Å². The highest BCUT2D eigenvalue weighted by Crippen LogP contribution is 2.15. The van der Waals surface area contributed by atoms with Crippen LogP contribution in [0.25, 0.3) is 0 Å². The molecular weight excluding hydrogens is 268 g/mol. The molecule has 0 fully saturated rings. The van der Waals surface area contributed by atoms with Gasteiger partial charge in [-0.3, -0.25) is 9.48 Å². The van der Waals surface area contributed by atoms with Gasteiger partial charge in [-0.2, -0.15) is 0 Å². The van der Waals surface area contributed by atoms with Gasteiger partial charge in [0.1, 0.15) is 12.4 Å². The minimum Gasteiger partial charge on any atom is -0.481 e. The van der Waals surface area contributed by atoms with Crippen LogP contribution in [0.3, 0.4) is 0 Å². The van der Waals surface area contributed by atoms with Crippen LogP contribution in [0.4, 0.5) is 0 Å². The zero-order valence-electron chi connectivity index (χ0n) is 12.0. The summed E-state index contributed by atoms with van der Waals surface area (Å²) in [4.78, 5) is 11.6. The van der Waals surface area contributed by atoms with Crippen LogP contribution in [0, 0.1) is 18.8 Å². The summed E-state index contributed by atoms with van der Waals surface area (Å²) in [7, 11) is 1.70. The molecule has 21 heavy (non-hydrogen) atoms. The average Bonchev–Trinajstić information content (AvgIpc) is 2.91. The summed E-state index contributed by atoms with van der Waals surface area (Å²) < 4.78 is 6.99. The third-order valence-electron chi connectivity index (χ3n) is 2.69. The van der Waals surface area contributed by atoms with Gasteiger partial charge < -0.3 is 10.1 Å². The number of nitrogens with zero attached hydrogens (tertiary/aromatic N) is 3. The van der Waals surface area contributed by atoms with E-state index in [4.69, 9.17) is 4.74 Å². The minimum atomic E-state index is -0.294. The van der Waals surface area contributed by atoms with E-state index in [2.05, 4.69) is 27.5 Å². The summed E-state index contributed by atoms with van der Waals surface area (Å²) in [5.41, 5.74) is 1.34. The molecule has 1 heterocycles. The van der Waals surface area contributed by atoms with Crippen molar-refractivity contribution in [2.24, 2.45) is 7.05 Å². The third-order valence-corrected chi connectivity index (χ3v) is 2.69. The largest absolute Gasteiger partial charge is 0.481 e. The Balaban J connectivity index is 1.72. The quantitative estimate of drug-likeness (QED) is 0.848. The number of rotatable bonds is 4. The Morgan fingerprint density at radius 1 is 1.38 bits per heavy atom. The van der Waals surface area contributed by atoms with E-state index in [9.17, 15) is 4.79 Å². The molecule has 1 aromatic carbocycles. The van der Waals surface area contributed by atoms with E-state index in [0.29, 0.717) is 0 Å². The number of aryl methyl sites for hydroxylation is 2. The summed E-state index contributed by atoms with van der Waals surface area (Å²) >= 11 is 0. The van der Waals surface area contributed by atoms with Crippen LogP contribution in [0.5, 0.6) is 5.75 Å². The smallest absolute Gasteiger partial charge is 0.274 e. The van der Waals surface area contributed by atoms with Crippen molar-refractivity contribution in [2.75, 3.05) is 13.2 Å². The Hall–Kier alpha value is -2.81. The number of nitrogens with one attached hydrogen (secondary N) is 1. The molecule has 1 aromatic heterocycles. The van der Waals surface area contributed by atoms with Gasteiger partial charge in [-0.15, -0.1) is 5.10 Å². The first-order chi connectivity index (χ1) is 10.2. The third kappa shape index (κ3) is 4.35. The van der Waals surface area contributed by atoms with Crippen LogP contribution in [0.1, 0.15) is 16.1 Å². The Kier molecular flexibility index (Phi) is 4.94. The van der Waals surface area contributed by atoms with E-state index in [1.54, 1.807) is 13.2 Å². The average molecular weight is 284 g/mol. The highest BCUT2D eigenvalue weighted by molar-refractivity contribution is 5.91. The van der Waals surface area contributed by atoms with E-state index < -0.39 is 0 Å². The predicted molar refractivity (Wildman–Crippen MR) is 77.8 cm³/mol. The number of carbonyl (C=O) groups is 1. The van der Waals surface area contributed by atoms with Crippen LogP contribution in [0.2, 0.25) is 0 Å². The van der Waals surface area contributed by atoms with Crippen molar-refractivity contribution in [3.8, 4) is 17.6 Å². The topological polar surface area (TPSA) is 69.0 Å². The van der Waals surface area contributed by atoms with Gasteiger partial charge in [-0.25, -0.2) is 0 Å². The second kappa shape index (κ2) is 7.10. The molecule has 1 N–H and O–H groups in total. The molecule has 2 aromatic rings. The molecule has 0 saturated carbocycles. The second-order valence-electron chi connectivity index (χ2n) is 4.37. The molecule has 1 amide bonds. The molecule has 2 rings (SSSR count). The molecule has 0 aliphatic heterocycles. The number of benzene rings is 1. The lowest BCUT2D eigenvalue weighted by atomic mass is 10.2. The molecule has 108 valence electrons. The first kappa shape index (κ1) is 14.6. The maximum Gasteiger partial charge on any atom is 0.274 e. The fourth-order valence-corrected chi connectivity index (χ4v) is 1.61. The molecule has 0 radical (unpaired) electrons. The summed E-state index contributed by atoms with van der Waals surface area (Å²) in [6.45, 7) is 2.50. The molecule has 0 aliphatic carbocycles. The lowest BCUT2D eigenvalue weighted by Gasteiger charge is -2.04. The Labute approximate surface area is 123 Å². The van der Waals surface area contributed by atoms with Gasteiger partial charge in [0.2, 0.25) is 0 Å². The SMILES string of the molecule is Cc1ccccc1OCC#CCNC(=O)c1cn(C)nn1. The summed E-state index contributed by atoms with van der Waals surface area (Å²) in [5, 5.41) is 10.0. The monoisotopic (exact) mass is 284 g/mol. The van der Waals surface area contributed by atoms with Crippen LogP contribution in [-0.4, -0.2) is 34.1 Å². The summed E-state index contributed by atoms with van der Waals surface area (Å²) in [5.74, 6) is 6.19. The highest BCUT2D eigenvalue weighted by Gasteiger charge is 2.07. The van der Waals surface area contributed by atoms with Crippen molar-refractivity contribution in [3.05, 3.63) is 41.7 Å². The van der Waals surface area contributed by atoms with Crippen molar-refractivity contribution in [2.45, 2.75) is 6.92 Å². The Bertz CT molecular complexity index is 682. The molecule has 6 heteroatoms. The van der Waals surface area contributed by atoms with Gasteiger partial charge >= 0.3 is 0 Å². The molecule has 0 saturated heterocycles. The lowest BCUT2D eigenvalue weighted by molar-refractivity contribution is 0.0953. The summed E-state index contributed by atoms with van der Waals surface area (Å²) in [6, 6.07) is 7.74. The number of ether oxygens (including phenoxy) is 1. The molecule has 0 bridgehead atoms. The van der Waals surface area contributed by atoms with Crippen molar-refractivity contribution in [1.82, 2.24) is 20.3 Å². The molecule has 0 spiro atoms. The Morgan fingerprint density at radius 2 is 2.19 bits per heavy atom. The molecule has 6 nitrogen and oxygen atoms in total. The molecule has 0 aliphatic rings. The van der Waals surface area contributed by atoms with Crippen LogP contribution in [0.15, 0.2) is 30.5 Å². The van der Waals surface area contributed by atoms with Gasteiger partial charge in [0, 0.05) is 7.05 Å². The number of amides is 1. The minimum absolute atomic E-state index is 0.243. The normalized spacial score (nSPS) is 9.62. The standard InChI is InChI=1S/C15H16N4O2/c1-12-7-3-4-8-14(12)21-10-6-5-9-16-15(20)13-11-19(2)18-17-13/h3-4,7-8,11H,9-10H2,1-2H3,(H,16,20). The zero-order chi connectivity index (χ0) is 15.1. The maximum absolute atomic E-state index is 11.6. The number of hydrogen-bond donors (Lipinski definition) is 1. The van der Waals surface area contributed by atoms with Gasteiger partial charge in [-0.05, 0) is 18.6 Å².